The fourth-order valence-corrected chi connectivity index (χ4v) is 5.32. The number of hydrogen-bond donors (Lipinski definition) is 2. The van der Waals surface area contributed by atoms with Crippen molar-refractivity contribution in [1.82, 2.24) is 15.0 Å². The number of ether oxygens (including phenoxy) is 1. The number of benzene rings is 1. The minimum atomic E-state index is -0.235. The van der Waals surface area contributed by atoms with Crippen LogP contribution in [0.25, 0.3) is 11.1 Å². The summed E-state index contributed by atoms with van der Waals surface area (Å²) >= 11 is 18.0. The number of carbonyl (C=O) groups is 1. The van der Waals surface area contributed by atoms with Crippen LogP contribution in [0.2, 0.25) is 5.02 Å². The number of carbonyl (C=O) groups excluding carboxylic acids is 1. The monoisotopic (exact) mass is 613 g/mol. The Bertz CT molecular complexity index is 1450. The van der Waals surface area contributed by atoms with Crippen LogP contribution in [0.15, 0.2) is 30.6 Å². The van der Waals surface area contributed by atoms with Crippen LogP contribution in [0.3, 0.4) is 0 Å². The lowest BCUT2D eigenvalue weighted by molar-refractivity contribution is -0.121. The van der Waals surface area contributed by atoms with Crippen molar-refractivity contribution < 1.29 is 9.53 Å². The number of halogens is 3. The van der Waals surface area contributed by atoms with Crippen molar-refractivity contribution >= 4 is 58.4 Å². The van der Waals surface area contributed by atoms with Crippen molar-refractivity contribution in [2.75, 3.05) is 28.6 Å². The number of nitrogens with one attached hydrogen (secondary N) is 2. The molecule has 0 fully saturated rings. The first-order valence-electron chi connectivity index (χ1n) is 13.2. The molecule has 0 unspecified atom stereocenters. The largest absolute Gasteiger partial charge is 0.482 e. The van der Waals surface area contributed by atoms with Crippen LogP contribution in [-0.2, 0) is 17.8 Å². The average Bonchev–Trinajstić information content (AvgIpc) is 2.95. The zero-order valence-corrected chi connectivity index (χ0v) is 25.0. The van der Waals surface area contributed by atoms with E-state index in [1.165, 1.54) is 18.6 Å². The SMILES string of the molecule is CC(C)Cc1nc(NC(CCCl)CCCl)c(C=N)c(-c2ccc3c(c2)OCC(=O)N3Cc2ncc(Cl)cn2)c1C#N. The maximum atomic E-state index is 12.8. The van der Waals surface area contributed by atoms with Gasteiger partial charge in [-0.15, -0.1) is 23.2 Å². The lowest BCUT2D eigenvalue weighted by atomic mass is 9.91. The summed E-state index contributed by atoms with van der Waals surface area (Å²) in [7, 11) is 0. The number of fused-ring (bicyclic) bond motifs is 1. The predicted molar refractivity (Wildman–Crippen MR) is 163 cm³/mol. The highest BCUT2D eigenvalue weighted by Crippen LogP contribution is 2.40. The maximum absolute atomic E-state index is 12.8. The molecular formula is C29H30Cl3N7O2. The van der Waals surface area contributed by atoms with E-state index in [1.807, 2.05) is 6.07 Å². The van der Waals surface area contributed by atoms with Crippen molar-refractivity contribution in [2.24, 2.45) is 5.92 Å². The molecule has 41 heavy (non-hydrogen) atoms. The standard InChI is InChI=1S/C29H30Cl3N7O2/c1-17(2)9-23-21(11-33)28(22(12-34)29(38-23)37-20(5-7-30)6-8-31)18-3-4-24-25(10-18)41-16-27(40)39(24)15-26-35-13-19(32)14-36-26/h3-4,10,12-14,17,20,34H,5-9,15-16H2,1-2H3,(H,37,38). The van der Waals surface area contributed by atoms with Crippen LogP contribution < -0.4 is 15.0 Å². The van der Waals surface area contributed by atoms with Gasteiger partial charge in [0.15, 0.2) is 6.61 Å². The first kappa shape index (κ1) is 30.5. The maximum Gasteiger partial charge on any atom is 0.265 e. The van der Waals surface area contributed by atoms with Crippen LogP contribution in [-0.4, -0.2) is 51.5 Å². The van der Waals surface area contributed by atoms with E-state index < -0.39 is 0 Å². The Balaban J connectivity index is 1.83. The van der Waals surface area contributed by atoms with Crippen LogP contribution >= 0.6 is 34.8 Å². The highest BCUT2D eigenvalue weighted by Gasteiger charge is 2.29. The molecule has 1 aromatic carbocycles. The van der Waals surface area contributed by atoms with Crippen LogP contribution in [0.1, 0.15) is 49.3 Å². The smallest absolute Gasteiger partial charge is 0.265 e. The number of nitrogens with zero attached hydrogens (tertiary/aromatic N) is 5. The Morgan fingerprint density at radius 2 is 1.93 bits per heavy atom. The molecule has 0 aliphatic carbocycles. The van der Waals surface area contributed by atoms with Crippen molar-refractivity contribution in [2.45, 2.75) is 45.7 Å². The third kappa shape index (κ3) is 7.07. The number of alkyl halides is 2. The molecular weight excluding hydrogens is 585 g/mol. The number of anilines is 2. The molecule has 2 N–H and O–H groups in total. The van der Waals surface area contributed by atoms with E-state index in [1.54, 1.807) is 17.0 Å². The summed E-state index contributed by atoms with van der Waals surface area (Å²) in [6, 6.07) is 7.66. The lowest BCUT2D eigenvalue weighted by Gasteiger charge is -2.29. The van der Waals surface area contributed by atoms with E-state index in [2.05, 4.69) is 35.2 Å². The van der Waals surface area contributed by atoms with Crippen LogP contribution in [0.4, 0.5) is 11.5 Å². The highest BCUT2D eigenvalue weighted by atomic mass is 35.5. The fourth-order valence-electron chi connectivity index (χ4n) is 4.69. The highest BCUT2D eigenvalue weighted by molar-refractivity contribution is 6.30. The van der Waals surface area contributed by atoms with Gasteiger partial charge in [0.25, 0.3) is 5.91 Å². The Morgan fingerprint density at radius 1 is 1.22 bits per heavy atom. The Morgan fingerprint density at radius 3 is 2.54 bits per heavy atom. The molecule has 1 aliphatic heterocycles. The molecule has 0 saturated carbocycles. The zero-order valence-electron chi connectivity index (χ0n) is 22.8. The Hall–Kier alpha value is -3.45. The fraction of sp³-hybridized carbons (Fsp3) is 0.379. The first-order chi connectivity index (χ1) is 19.8. The quantitative estimate of drug-likeness (QED) is 0.183. The molecule has 0 spiro atoms. The molecule has 9 nitrogen and oxygen atoms in total. The minimum Gasteiger partial charge on any atom is -0.482 e. The van der Waals surface area contributed by atoms with E-state index >= 15 is 0 Å². The molecule has 3 aromatic rings. The molecule has 0 saturated heterocycles. The van der Waals surface area contributed by atoms with Gasteiger partial charge < -0.3 is 15.5 Å². The van der Waals surface area contributed by atoms with E-state index in [4.69, 9.17) is 49.9 Å². The van der Waals surface area contributed by atoms with Gasteiger partial charge in [-0.3, -0.25) is 9.69 Å². The molecule has 0 atom stereocenters. The number of hydrogen-bond acceptors (Lipinski definition) is 8. The Labute approximate surface area is 254 Å². The van der Waals surface area contributed by atoms with Crippen molar-refractivity contribution in [3.63, 3.8) is 0 Å². The van der Waals surface area contributed by atoms with E-state index in [0.29, 0.717) is 87.1 Å². The average molecular weight is 615 g/mol. The van der Waals surface area contributed by atoms with E-state index in [0.717, 1.165) is 0 Å². The van der Waals surface area contributed by atoms with E-state index in [9.17, 15) is 10.1 Å². The van der Waals surface area contributed by atoms with Crippen molar-refractivity contribution in [3.05, 3.63) is 58.3 Å². The van der Waals surface area contributed by atoms with E-state index in [-0.39, 0.29) is 31.0 Å². The molecule has 12 heteroatoms. The number of amides is 1. The summed E-state index contributed by atoms with van der Waals surface area (Å²) in [5.74, 6) is 2.29. The van der Waals surface area contributed by atoms with Crippen molar-refractivity contribution in [1.29, 1.82) is 10.7 Å². The van der Waals surface area contributed by atoms with Gasteiger partial charge >= 0.3 is 0 Å². The summed E-state index contributed by atoms with van der Waals surface area (Å²) < 4.78 is 5.83. The summed E-state index contributed by atoms with van der Waals surface area (Å²) in [6.45, 7) is 4.11. The second-order valence-electron chi connectivity index (χ2n) is 9.99. The number of nitriles is 1. The van der Waals surface area contributed by atoms with Gasteiger partial charge in [0.1, 0.15) is 23.5 Å². The third-order valence-electron chi connectivity index (χ3n) is 6.59. The van der Waals surface area contributed by atoms with Gasteiger partial charge in [-0.1, -0.05) is 31.5 Å². The van der Waals surface area contributed by atoms with Gasteiger partial charge in [0.05, 0.1) is 28.5 Å². The lowest BCUT2D eigenvalue weighted by Crippen LogP contribution is -2.38. The minimum absolute atomic E-state index is 0.0505. The Kier molecular flexibility index (Phi) is 10.4. The van der Waals surface area contributed by atoms with Crippen LogP contribution in [0.5, 0.6) is 5.75 Å². The predicted octanol–water partition coefficient (Wildman–Crippen LogP) is 6.22. The van der Waals surface area contributed by atoms with Gasteiger partial charge in [0.2, 0.25) is 0 Å². The number of pyridine rings is 1. The van der Waals surface area contributed by atoms with Gasteiger partial charge in [-0.2, -0.15) is 5.26 Å². The van der Waals surface area contributed by atoms with Gasteiger partial charge in [0, 0.05) is 47.5 Å². The van der Waals surface area contributed by atoms with Crippen molar-refractivity contribution in [3.8, 4) is 22.9 Å². The van der Waals surface area contributed by atoms with Crippen LogP contribution in [0, 0.1) is 22.7 Å². The number of rotatable bonds is 12. The normalized spacial score (nSPS) is 12.7. The first-order valence-corrected chi connectivity index (χ1v) is 14.6. The topological polar surface area (TPSA) is 128 Å². The third-order valence-corrected chi connectivity index (χ3v) is 7.22. The van der Waals surface area contributed by atoms with Gasteiger partial charge in [-0.05, 0) is 42.9 Å². The molecule has 0 radical (unpaired) electrons. The summed E-state index contributed by atoms with van der Waals surface area (Å²) in [5, 5.41) is 22.5. The molecule has 4 rings (SSSR count). The summed E-state index contributed by atoms with van der Waals surface area (Å²) in [4.78, 5) is 27.6. The van der Waals surface area contributed by atoms with Gasteiger partial charge in [-0.25, -0.2) is 15.0 Å². The molecule has 214 valence electrons. The second kappa shape index (κ2) is 13.9. The zero-order chi connectivity index (χ0) is 29.5. The second-order valence-corrected chi connectivity index (χ2v) is 11.2. The molecule has 0 bridgehead atoms. The molecule has 1 amide bonds. The molecule has 2 aromatic heterocycles. The number of aromatic nitrogens is 3. The summed E-state index contributed by atoms with van der Waals surface area (Å²) in [5.41, 5.74) is 3.29. The molecule has 3 heterocycles. The summed E-state index contributed by atoms with van der Waals surface area (Å²) in [6.07, 6.45) is 6.07. The molecule has 1 aliphatic rings.